The van der Waals surface area contributed by atoms with Crippen LogP contribution in [0.1, 0.15) is 60.3 Å². The van der Waals surface area contributed by atoms with Crippen molar-refractivity contribution in [2.24, 2.45) is 5.92 Å². The molecule has 0 aliphatic rings. The number of carbonyl (C=O) groups is 1. The number of unbranched alkanes of at least 4 members (excludes halogenated alkanes) is 2. The van der Waals surface area contributed by atoms with Gasteiger partial charge in [0.2, 0.25) is 0 Å². The molecule has 0 aromatic carbocycles. The summed E-state index contributed by atoms with van der Waals surface area (Å²) in [5.74, 6) is 0.373. The van der Waals surface area contributed by atoms with Crippen molar-refractivity contribution in [3.63, 3.8) is 0 Å². The number of hydrogen-bond donors (Lipinski definition) is 0. The fraction of sp³-hybridized carbons (Fsp3) is 0.929. The number of hydrogen-bond acceptors (Lipinski definition) is 2. The number of ether oxygens (including phenoxy) is 1. The van der Waals surface area contributed by atoms with Gasteiger partial charge in [-0.3, -0.25) is 0 Å². The normalized spacial score (nSPS) is 12.6. The Morgan fingerprint density at radius 3 is 1.88 bits per heavy atom. The molecule has 0 fully saturated rings. The van der Waals surface area contributed by atoms with Gasteiger partial charge in [-0.15, -0.1) is 0 Å². The van der Waals surface area contributed by atoms with Crippen LogP contribution in [0.15, 0.2) is 0 Å². The van der Waals surface area contributed by atoms with Gasteiger partial charge in [0, 0.05) is 13.1 Å². The SMILES string of the molecule is CCCCN(CCCC)C(=O)OC(C)C(C)C. The van der Waals surface area contributed by atoms with Crippen LogP contribution in [0.4, 0.5) is 4.79 Å². The number of rotatable bonds is 8. The molecule has 0 aromatic rings. The van der Waals surface area contributed by atoms with Gasteiger partial charge in [-0.2, -0.15) is 0 Å². The summed E-state index contributed by atoms with van der Waals surface area (Å²) in [5.41, 5.74) is 0. The van der Waals surface area contributed by atoms with E-state index < -0.39 is 0 Å². The number of amides is 1. The Morgan fingerprint density at radius 1 is 1.06 bits per heavy atom. The van der Waals surface area contributed by atoms with Crippen molar-refractivity contribution in [2.45, 2.75) is 66.4 Å². The molecule has 0 rings (SSSR count). The standard InChI is InChI=1S/C14H29NO2/c1-6-8-10-15(11-9-7-2)14(16)17-13(5)12(3)4/h12-13H,6-11H2,1-5H3. The molecule has 0 bridgehead atoms. The van der Waals surface area contributed by atoms with E-state index in [1.807, 2.05) is 11.8 Å². The monoisotopic (exact) mass is 243 g/mol. The quantitative estimate of drug-likeness (QED) is 0.643. The van der Waals surface area contributed by atoms with Crippen LogP contribution in [0.2, 0.25) is 0 Å². The van der Waals surface area contributed by atoms with Crippen LogP contribution in [-0.4, -0.2) is 30.2 Å². The van der Waals surface area contributed by atoms with E-state index >= 15 is 0 Å². The summed E-state index contributed by atoms with van der Waals surface area (Å²) in [7, 11) is 0. The maximum atomic E-state index is 12.0. The topological polar surface area (TPSA) is 29.5 Å². The molecule has 102 valence electrons. The third-order valence-corrected chi connectivity index (χ3v) is 3.05. The highest BCUT2D eigenvalue weighted by molar-refractivity contribution is 5.67. The van der Waals surface area contributed by atoms with Gasteiger partial charge in [0.05, 0.1) is 0 Å². The van der Waals surface area contributed by atoms with Crippen molar-refractivity contribution in [2.75, 3.05) is 13.1 Å². The Hall–Kier alpha value is -0.730. The third-order valence-electron chi connectivity index (χ3n) is 3.05. The molecule has 0 heterocycles. The first-order valence-corrected chi connectivity index (χ1v) is 6.98. The van der Waals surface area contributed by atoms with Crippen molar-refractivity contribution in [3.8, 4) is 0 Å². The summed E-state index contributed by atoms with van der Waals surface area (Å²) < 4.78 is 5.46. The highest BCUT2D eigenvalue weighted by atomic mass is 16.6. The van der Waals surface area contributed by atoms with E-state index in [0.717, 1.165) is 38.8 Å². The number of carbonyl (C=O) groups excluding carboxylic acids is 1. The van der Waals surface area contributed by atoms with E-state index in [1.165, 1.54) is 0 Å². The van der Waals surface area contributed by atoms with E-state index in [2.05, 4.69) is 27.7 Å². The minimum absolute atomic E-state index is 0.00625. The lowest BCUT2D eigenvalue weighted by molar-refractivity contribution is 0.0501. The maximum Gasteiger partial charge on any atom is 0.410 e. The molecule has 0 aliphatic carbocycles. The van der Waals surface area contributed by atoms with Crippen LogP contribution in [0.5, 0.6) is 0 Å². The highest BCUT2D eigenvalue weighted by Gasteiger charge is 2.18. The van der Waals surface area contributed by atoms with Crippen LogP contribution in [0, 0.1) is 5.92 Å². The molecule has 0 spiro atoms. The van der Waals surface area contributed by atoms with E-state index in [4.69, 9.17) is 4.74 Å². The molecular weight excluding hydrogens is 214 g/mol. The van der Waals surface area contributed by atoms with Gasteiger partial charge < -0.3 is 9.64 Å². The van der Waals surface area contributed by atoms with Crippen LogP contribution in [-0.2, 0) is 4.74 Å². The predicted molar refractivity (Wildman–Crippen MR) is 72.2 cm³/mol. The fourth-order valence-electron chi connectivity index (χ4n) is 1.36. The van der Waals surface area contributed by atoms with Gasteiger partial charge in [-0.1, -0.05) is 40.5 Å². The average Bonchev–Trinajstić information content (AvgIpc) is 2.28. The molecule has 0 saturated carbocycles. The lowest BCUT2D eigenvalue weighted by Crippen LogP contribution is -2.36. The van der Waals surface area contributed by atoms with Gasteiger partial charge in [0.1, 0.15) is 6.10 Å². The summed E-state index contributed by atoms with van der Waals surface area (Å²) in [4.78, 5) is 13.8. The Kier molecular flexibility index (Phi) is 8.92. The highest BCUT2D eigenvalue weighted by Crippen LogP contribution is 2.09. The second-order valence-corrected chi connectivity index (χ2v) is 5.03. The molecule has 1 amide bonds. The van der Waals surface area contributed by atoms with Gasteiger partial charge in [-0.25, -0.2) is 4.79 Å². The van der Waals surface area contributed by atoms with Gasteiger partial charge in [0.25, 0.3) is 0 Å². The Balaban J connectivity index is 4.20. The van der Waals surface area contributed by atoms with Crippen LogP contribution >= 0.6 is 0 Å². The molecular formula is C14H29NO2. The number of nitrogens with zero attached hydrogens (tertiary/aromatic N) is 1. The molecule has 3 heteroatoms. The average molecular weight is 243 g/mol. The summed E-state index contributed by atoms with van der Waals surface area (Å²) in [6.07, 6.45) is 4.16. The largest absolute Gasteiger partial charge is 0.446 e. The second-order valence-electron chi connectivity index (χ2n) is 5.03. The minimum atomic E-state index is -0.145. The Bertz CT molecular complexity index is 196. The zero-order valence-corrected chi connectivity index (χ0v) is 12.2. The first-order valence-electron chi connectivity index (χ1n) is 6.98. The molecule has 1 atom stereocenters. The van der Waals surface area contributed by atoms with Crippen molar-refractivity contribution < 1.29 is 9.53 Å². The summed E-state index contributed by atoms with van der Waals surface area (Å²) >= 11 is 0. The Labute approximate surface area is 107 Å². The third kappa shape index (κ3) is 7.24. The van der Waals surface area contributed by atoms with E-state index in [-0.39, 0.29) is 12.2 Å². The molecule has 17 heavy (non-hydrogen) atoms. The zero-order valence-electron chi connectivity index (χ0n) is 12.2. The van der Waals surface area contributed by atoms with Gasteiger partial charge in [0.15, 0.2) is 0 Å². The molecule has 0 radical (unpaired) electrons. The smallest absolute Gasteiger partial charge is 0.410 e. The zero-order chi connectivity index (χ0) is 13.3. The van der Waals surface area contributed by atoms with Crippen LogP contribution < -0.4 is 0 Å². The van der Waals surface area contributed by atoms with Gasteiger partial charge >= 0.3 is 6.09 Å². The van der Waals surface area contributed by atoms with Crippen LogP contribution in [0.3, 0.4) is 0 Å². The first kappa shape index (κ1) is 16.3. The summed E-state index contributed by atoms with van der Waals surface area (Å²) in [5, 5.41) is 0. The predicted octanol–water partition coefficient (Wildman–Crippen LogP) is 4.07. The summed E-state index contributed by atoms with van der Waals surface area (Å²) in [6, 6.07) is 0. The molecule has 0 aliphatic heterocycles. The van der Waals surface area contributed by atoms with Gasteiger partial charge in [-0.05, 0) is 25.7 Å². The molecule has 3 nitrogen and oxygen atoms in total. The second kappa shape index (κ2) is 9.32. The van der Waals surface area contributed by atoms with E-state index in [9.17, 15) is 4.79 Å². The van der Waals surface area contributed by atoms with Crippen LogP contribution in [0.25, 0.3) is 0 Å². The minimum Gasteiger partial charge on any atom is -0.446 e. The molecule has 0 N–H and O–H groups in total. The fourth-order valence-corrected chi connectivity index (χ4v) is 1.36. The van der Waals surface area contributed by atoms with Crippen molar-refractivity contribution in [3.05, 3.63) is 0 Å². The first-order chi connectivity index (χ1) is 8.02. The van der Waals surface area contributed by atoms with E-state index in [1.54, 1.807) is 0 Å². The lowest BCUT2D eigenvalue weighted by atomic mass is 10.1. The maximum absolute atomic E-state index is 12.0. The lowest BCUT2D eigenvalue weighted by Gasteiger charge is -2.25. The van der Waals surface area contributed by atoms with Crippen molar-refractivity contribution in [1.29, 1.82) is 0 Å². The van der Waals surface area contributed by atoms with Crippen molar-refractivity contribution in [1.82, 2.24) is 4.90 Å². The Morgan fingerprint density at radius 2 is 1.53 bits per heavy atom. The van der Waals surface area contributed by atoms with Crippen molar-refractivity contribution >= 4 is 6.09 Å². The molecule has 1 unspecified atom stereocenters. The molecule has 0 saturated heterocycles. The molecule has 0 aromatic heterocycles. The summed E-state index contributed by atoms with van der Waals surface area (Å²) in [6.45, 7) is 12.0. The van der Waals surface area contributed by atoms with E-state index in [0.29, 0.717) is 5.92 Å².